The second kappa shape index (κ2) is 10.5. The van der Waals surface area contributed by atoms with Crippen LogP contribution >= 0.6 is 0 Å². The lowest BCUT2D eigenvalue weighted by Gasteiger charge is -2.32. The molecule has 0 heterocycles. The smallest absolute Gasteiger partial charge is 0.0762 e. The summed E-state index contributed by atoms with van der Waals surface area (Å²) >= 11 is 0. The number of aliphatic imine (C=N–C) groups is 1. The number of likely N-dealkylation sites (N-methyl/N-ethyl adjacent to an activating group) is 1. The maximum atomic E-state index is 4.74. The Morgan fingerprint density at radius 1 is 1.04 bits per heavy atom. The SMILES string of the molecule is C=CC(=C)C(C(C=C)N=C(C)C)C(NC)C(=C)/C=C(\C)c1ccccc1. The van der Waals surface area contributed by atoms with Crippen molar-refractivity contribution in [3.63, 3.8) is 0 Å². The number of nitrogens with zero attached hydrogens (tertiary/aromatic N) is 1. The summed E-state index contributed by atoms with van der Waals surface area (Å²) in [5, 5.41) is 3.39. The van der Waals surface area contributed by atoms with E-state index in [2.05, 4.69) is 56.8 Å². The molecule has 0 aromatic heterocycles. The van der Waals surface area contributed by atoms with Crippen molar-refractivity contribution in [1.29, 1.82) is 0 Å². The van der Waals surface area contributed by atoms with Crippen LogP contribution in [-0.4, -0.2) is 24.8 Å². The van der Waals surface area contributed by atoms with E-state index in [1.54, 1.807) is 6.08 Å². The average molecular weight is 349 g/mol. The van der Waals surface area contributed by atoms with E-state index in [1.165, 1.54) is 11.1 Å². The fourth-order valence-electron chi connectivity index (χ4n) is 3.09. The molecule has 2 heteroatoms. The molecule has 3 unspecified atom stereocenters. The van der Waals surface area contributed by atoms with Crippen molar-refractivity contribution in [2.75, 3.05) is 7.05 Å². The lowest BCUT2D eigenvalue weighted by Crippen LogP contribution is -2.41. The van der Waals surface area contributed by atoms with E-state index in [9.17, 15) is 0 Å². The molecule has 1 rings (SSSR count). The third kappa shape index (κ3) is 5.82. The van der Waals surface area contributed by atoms with Crippen LogP contribution in [0.25, 0.3) is 5.57 Å². The van der Waals surface area contributed by atoms with E-state index in [4.69, 9.17) is 4.99 Å². The van der Waals surface area contributed by atoms with Crippen molar-refractivity contribution in [2.24, 2.45) is 10.9 Å². The van der Waals surface area contributed by atoms with Crippen LogP contribution < -0.4 is 5.32 Å². The quantitative estimate of drug-likeness (QED) is 0.331. The van der Waals surface area contributed by atoms with Crippen molar-refractivity contribution in [2.45, 2.75) is 32.9 Å². The molecule has 3 atom stereocenters. The molecule has 0 radical (unpaired) electrons. The minimum absolute atomic E-state index is 0.00257. The van der Waals surface area contributed by atoms with Gasteiger partial charge < -0.3 is 5.32 Å². The number of hydrogen-bond acceptors (Lipinski definition) is 2. The molecule has 0 aliphatic carbocycles. The van der Waals surface area contributed by atoms with Crippen molar-refractivity contribution < 1.29 is 0 Å². The molecule has 1 aromatic rings. The van der Waals surface area contributed by atoms with Crippen molar-refractivity contribution in [3.8, 4) is 0 Å². The van der Waals surface area contributed by atoms with Gasteiger partial charge in [-0.25, -0.2) is 0 Å². The Bertz CT molecular complexity index is 703. The maximum absolute atomic E-state index is 4.74. The van der Waals surface area contributed by atoms with Crippen LogP contribution in [0.2, 0.25) is 0 Å². The molecule has 138 valence electrons. The number of benzene rings is 1. The predicted octanol–water partition coefficient (Wildman–Crippen LogP) is 5.63. The standard InChI is InChI=1S/C24H32N2/c1-9-18(5)23(22(10-2)26-17(3)4)24(25-8)20(7)16-19(6)21-14-12-11-13-15-21/h9-16,22-25H,1-2,5,7H2,3-4,6,8H3/b19-16+. The summed E-state index contributed by atoms with van der Waals surface area (Å²) in [5.74, 6) is -0.00257. The van der Waals surface area contributed by atoms with Crippen LogP contribution in [0, 0.1) is 5.92 Å². The Morgan fingerprint density at radius 3 is 2.12 bits per heavy atom. The van der Waals surface area contributed by atoms with Gasteiger partial charge in [-0.15, -0.1) is 6.58 Å². The molecular formula is C24H32N2. The first-order valence-electron chi connectivity index (χ1n) is 8.90. The van der Waals surface area contributed by atoms with Crippen molar-refractivity contribution in [1.82, 2.24) is 5.32 Å². The second-order valence-corrected chi connectivity index (χ2v) is 6.64. The molecule has 0 fully saturated rings. The molecule has 2 nitrogen and oxygen atoms in total. The zero-order chi connectivity index (χ0) is 19.7. The second-order valence-electron chi connectivity index (χ2n) is 6.64. The number of rotatable bonds is 10. The van der Waals surface area contributed by atoms with Gasteiger partial charge in [0.25, 0.3) is 0 Å². The Morgan fingerprint density at radius 2 is 1.65 bits per heavy atom. The van der Waals surface area contributed by atoms with Gasteiger partial charge in [0.05, 0.1) is 6.04 Å². The van der Waals surface area contributed by atoms with Gasteiger partial charge in [0, 0.05) is 17.7 Å². The number of allylic oxidation sites excluding steroid dienone is 2. The summed E-state index contributed by atoms with van der Waals surface area (Å²) in [6.45, 7) is 22.5. The molecule has 0 bridgehead atoms. The zero-order valence-electron chi connectivity index (χ0n) is 16.6. The first-order chi connectivity index (χ1) is 12.3. The third-order valence-corrected chi connectivity index (χ3v) is 4.41. The van der Waals surface area contributed by atoms with E-state index in [1.807, 2.05) is 45.2 Å². The number of nitrogens with one attached hydrogen (secondary N) is 1. The molecule has 0 amide bonds. The van der Waals surface area contributed by atoms with Crippen LogP contribution in [0.1, 0.15) is 26.3 Å². The van der Waals surface area contributed by atoms with Crippen LogP contribution in [0.3, 0.4) is 0 Å². The minimum Gasteiger partial charge on any atom is -0.312 e. The van der Waals surface area contributed by atoms with E-state index < -0.39 is 0 Å². The summed E-state index contributed by atoms with van der Waals surface area (Å²) < 4.78 is 0. The predicted molar refractivity (Wildman–Crippen MR) is 118 cm³/mol. The Labute approximate surface area is 159 Å². The largest absolute Gasteiger partial charge is 0.312 e. The Balaban J connectivity index is 3.26. The van der Waals surface area contributed by atoms with Crippen molar-refractivity contribution >= 4 is 11.3 Å². The molecule has 0 aliphatic heterocycles. The first kappa shape index (κ1) is 21.6. The van der Waals surface area contributed by atoms with E-state index in [-0.39, 0.29) is 18.0 Å². The van der Waals surface area contributed by atoms with E-state index in [0.717, 1.165) is 16.9 Å². The van der Waals surface area contributed by atoms with Gasteiger partial charge in [-0.05, 0) is 50.1 Å². The van der Waals surface area contributed by atoms with Crippen LogP contribution in [0.5, 0.6) is 0 Å². The highest BCUT2D eigenvalue weighted by molar-refractivity contribution is 5.79. The molecule has 0 saturated heterocycles. The molecule has 0 aliphatic rings. The monoisotopic (exact) mass is 348 g/mol. The highest BCUT2D eigenvalue weighted by atomic mass is 14.9. The topological polar surface area (TPSA) is 24.4 Å². The molecular weight excluding hydrogens is 316 g/mol. The fraction of sp³-hybridized carbons (Fsp3) is 0.292. The average Bonchev–Trinajstić information content (AvgIpc) is 2.64. The van der Waals surface area contributed by atoms with Gasteiger partial charge in [-0.2, -0.15) is 0 Å². The molecule has 0 saturated carbocycles. The fourth-order valence-corrected chi connectivity index (χ4v) is 3.09. The summed E-state index contributed by atoms with van der Waals surface area (Å²) in [5.41, 5.74) is 5.27. The lowest BCUT2D eigenvalue weighted by molar-refractivity contribution is 0.444. The highest BCUT2D eigenvalue weighted by Gasteiger charge is 2.29. The Hall–Kier alpha value is -2.45. The van der Waals surface area contributed by atoms with Gasteiger partial charge in [-0.3, -0.25) is 4.99 Å². The first-order valence-corrected chi connectivity index (χ1v) is 8.90. The zero-order valence-corrected chi connectivity index (χ0v) is 16.6. The number of hydrogen-bond donors (Lipinski definition) is 1. The van der Waals surface area contributed by atoms with Crippen LogP contribution in [0.4, 0.5) is 0 Å². The molecule has 26 heavy (non-hydrogen) atoms. The third-order valence-electron chi connectivity index (χ3n) is 4.41. The van der Waals surface area contributed by atoms with E-state index >= 15 is 0 Å². The van der Waals surface area contributed by atoms with Crippen LogP contribution in [-0.2, 0) is 0 Å². The maximum Gasteiger partial charge on any atom is 0.0762 e. The Kier molecular flexibility index (Phi) is 8.74. The summed E-state index contributed by atoms with van der Waals surface area (Å²) in [6, 6.07) is 10.2. The van der Waals surface area contributed by atoms with Gasteiger partial charge >= 0.3 is 0 Å². The van der Waals surface area contributed by atoms with Gasteiger partial charge in [0.1, 0.15) is 0 Å². The highest BCUT2D eigenvalue weighted by Crippen LogP contribution is 2.28. The molecule has 0 spiro atoms. The van der Waals surface area contributed by atoms with Crippen molar-refractivity contribution in [3.05, 3.63) is 91.6 Å². The van der Waals surface area contributed by atoms with Gasteiger partial charge in [0.15, 0.2) is 0 Å². The summed E-state index contributed by atoms with van der Waals surface area (Å²) in [7, 11) is 1.94. The van der Waals surface area contributed by atoms with Gasteiger partial charge in [0.2, 0.25) is 0 Å². The lowest BCUT2D eigenvalue weighted by atomic mass is 9.81. The van der Waals surface area contributed by atoms with Gasteiger partial charge in [-0.1, -0.05) is 68.3 Å². The minimum atomic E-state index is -0.0925. The summed E-state index contributed by atoms with van der Waals surface area (Å²) in [6.07, 6.45) is 5.80. The van der Waals surface area contributed by atoms with Crippen LogP contribution in [0.15, 0.2) is 91.0 Å². The van der Waals surface area contributed by atoms with E-state index in [0.29, 0.717) is 0 Å². The molecule has 1 aromatic carbocycles. The molecule has 1 N–H and O–H groups in total. The normalized spacial score (nSPS) is 14.7. The summed E-state index contributed by atoms with van der Waals surface area (Å²) in [4.78, 5) is 4.74.